The number of nitrogens with zero attached hydrogens (tertiary/aromatic N) is 1. The molecule has 1 saturated heterocycles. The lowest BCUT2D eigenvalue weighted by atomic mass is 10.0. The number of rotatable bonds is 5. The highest BCUT2D eigenvalue weighted by Crippen LogP contribution is 2.36. The Morgan fingerprint density at radius 1 is 1.45 bits per heavy atom. The summed E-state index contributed by atoms with van der Waals surface area (Å²) in [6.45, 7) is 5.24. The quantitative estimate of drug-likeness (QED) is 0.887. The van der Waals surface area contributed by atoms with Crippen molar-refractivity contribution in [2.45, 2.75) is 51.2 Å². The third-order valence-corrected chi connectivity index (χ3v) is 5.08. The molecule has 2 rings (SSSR count). The molecule has 1 aliphatic heterocycles. The maximum Gasteiger partial charge on any atom is 0.133 e. The lowest BCUT2D eigenvalue weighted by Gasteiger charge is -2.36. The van der Waals surface area contributed by atoms with Crippen LogP contribution in [0.25, 0.3) is 0 Å². The van der Waals surface area contributed by atoms with E-state index in [1.54, 1.807) is 7.11 Å². The van der Waals surface area contributed by atoms with E-state index in [-0.39, 0.29) is 0 Å². The molecule has 2 N–H and O–H groups in total. The maximum absolute atomic E-state index is 6.10. The van der Waals surface area contributed by atoms with E-state index in [4.69, 9.17) is 10.5 Å². The van der Waals surface area contributed by atoms with Gasteiger partial charge in [0.15, 0.2) is 0 Å². The predicted octanol–water partition coefficient (Wildman–Crippen LogP) is 3.72. The molecule has 4 heteroatoms. The maximum atomic E-state index is 6.10. The zero-order valence-electron chi connectivity index (χ0n) is 12.6. The first-order chi connectivity index (χ1) is 9.62. The Bertz CT molecular complexity index is 452. The van der Waals surface area contributed by atoms with Crippen LogP contribution >= 0.6 is 15.9 Å². The molecule has 112 valence electrons. The van der Waals surface area contributed by atoms with Gasteiger partial charge < -0.3 is 10.5 Å². The fourth-order valence-electron chi connectivity index (χ4n) is 3.39. The zero-order valence-corrected chi connectivity index (χ0v) is 14.2. The number of nitrogens with two attached hydrogens (primary N) is 1. The summed E-state index contributed by atoms with van der Waals surface area (Å²) in [7, 11) is 1.69. The lowest BCUT2D eigenvalue weighted by Crippen LogP contribution is -2.41. The summed E-state index contributed by atoms with van der Waals surface area (Å²) in [5, 5.41) is 0. The fraction of sp³-hybridized carbons (Fsp3) is 0.625. The van der Waals surface area contributed by atoms with Crippen molar-refractivity contribution >= 4 is 15.9 Å². The fourth-order valence-corrected chi connectivity index (χ4v) is 3.95. The minimum atomic E-state index is 0.291. The van der Waals surface area contributed by atoms with Crippen LogP contribution in [-0.2, 0) is 0 Å². The number of benzene rings is 1. The van der Waals surface area contributed by atoms with Crippen LogP contribution in [0.1, 0.15) is 44.7 Å². The molecule has 3 nitrogen and oxygen atoms in total. The minimum absolute atomic E-state index is 0.291. The number of halogens is 1. The van der Waals surface area contributed by atoms with Gasteiger partial charge >= 0.3 is 0 Å². The first-order valence-electron chi connectivity index (χ1n) is 7.43. The molecule has 1 aromatic rings. The monoisotopic (exact) mass is 340 g/mol. The van der Waals surface area contributed by atoms with E-state index in [1.807, 2.05) is 6.07 Å². The zero-order chi connectivity index (χ0) is 14.7. The van der Waals surface area contributed by atoms with Crippen molar-refractivity contribution in [1.29, 1.82) is 0 Å². The molecule has 20 heavy (non-hydrogen) atoms. The molecule has 0 amide bonds. The Labute approximate surface area is 130 Å². The standard InChI is InChI=1S/C16H25BrN2O/c1-4-13-7-5-11(2)19(13)15(10-18)12-6-8-16(20-3)14(17)9-12/h6,8-9,11,13,15H,4-5,7,10,18H2,1-3H3. The Kier molecular flexibility index (Phi) is 5.47. The van der Waals surface area contributed by atoms with Crippen LogP contribution in [0, 0.1) is 0 Å². The topological polar surface area (TPSA) is 38.5 Å². The normalized spacial score (nSPS) is 24.9. The molecule has 0 saturated carbocycles. The van der Waals surface area contributed by atoms with Crippen molar-refractivity contribution in [2.24, 2.45) is 5.73 Å². The van der Waals surface area contributed by atoms with Crippen molar-refractivity contribution < 1.29 is 4.74 Å². The molecule has 1 aliphatic rings. The average molecular weight is 341 g/mol. The molecule has 0 aromatic heterocycles. The molecular weight excluding hydrogens is 316 g/mol. The lowest BCUT2D eigenvalue weighted by molar-refractivity contribution is 0.137. The summed E-state index contributed by atoms with van der Waals surface area (Å²) >= 11 is 3.58. The Hall–Kier alpha value is -0.580. The van der Waals surface area contributed by atoms with Crippen molar-refractivity contribution in [3.05, 3.63) is 28.2 Å². The highest BCUT2D eigenvalue weighted by molar-refractivity contribution is 9.10. The number of likely N-dealkylation sites (tertiary alicyclic amines) is 1. The van der Waals surface area contributed by atoms with E-state index in [2.05, 4.69) is 46.8 Å². The number of ether oxygens (including phenoxy) is 1. The van der Waals surface area contributed by atoms with Gasteiger partial charge in [-0.15, -0.1) is 0 Å². The Morgan fingerprint density at radius 2 is 2.20 bits per heavy atom. The second kappa shape index (κ2) is 6.92. The van der Waals surface area contributed by atoms with Crippen LogP contribution in [-0.4, -0.2) is 30.6 Å². The van der Waals surface area contributed by atoms with Crippen molar-refractivity contribution in [3.63, 3.8) is 0 Å². The summed E-state index contributed by atoms with van der Waals surface area (Å²) in [6, 6.07) is 7.85. The summed E-state index contributed by atoms with van der Waals surface area (Å²) in [5.41, 5.74) is 7.37. The summed E-state index contributed by atoms with van der Waals surface area (Å²) in [6.07, 6.45) is 3.75. The average Bonchev–Trinajstić information content (AvgIpc) is 2.81. The minimum Gasteiger partial charge on any atom is -0.496 e. The van der Waals surface area contributed by atoms with Gasteiger partial charge in [-0.2, -0.15) is 0 Å². The first-order valence-corrected chi connectivity index (χ1v) is 8.22. The molecule has 1 heterocycles. The van der Waals surface area contributed by atoms with Crippen LogP contribution in [0.2, 0.25) is 0 Å². The predicted molar refractivity (Wildman–Crippen MR) is 87.1 cm³/mol. The van der Waals surface area contributed by atoms with Gasteiger partial charge in [-0.1, -0.05) is 13.0 Å². The third-order valence-electron chi connectivity index (χ3n) is 4.46. The Balaban J connectivity index is 2.29. The van der Waals surface area contributed by atoms with E-state index in [0.29, 0.717) is 24.7 Å². The highest BCUT2D eigenvalue weighted by Gasteiger charge is 2.34. The summed E-state index contributed by atoms with van der Waals surface area (Å²) < 4.78 is 6.31. The van der Waals surface area contributed by atoms with Crippen LogP contribution in [0.4, 0.5) is 0 Å². The summed E-state index contributed by atoms with van der Waals surface area (Å²) in [4.78, 5) is 2.61. The Morgan fingerprint density at radius 3 is 2.75 bits per heavy atom. The molecule has 1 aromatic carbocycles. The van der Waals surface area contributed by atoms with Gasteiger partial charge in [-0.3, -0.25) is 4.90 Å². The highest BCUT2D eigenvalue weighted by atomic mass is 79.9. The van der Waals surface area contributed by atoms with Gasteiger partial charge in [-0.05, 0) is 59.8 Å². The van der Waals surface area contributed by atoms with E-state index in [9.17, 15) is 0 Å². The van der Waals surface area contributed by atoms with Crippen LogP contribution in [0.3, 0.4) is 0 Å². The molecular formula is C16H25BrN2O. The van der Waals surface area contributed by atoms with E-state index < -0.39 is 0 Å². The number of methoxy groups -OCH3 is 1. The van der Waals surface area contributed by atoms with E-state index in [1.165, 1.54) is 24.8 Å². The smallest absolute Gasteiger partial charge is 0.133 e. The van der Waals surface area contributed by atoms with Crippen LogP contribution in [0.5, 0.6) is 5.75 Å². The molecule has 0 radical (unpaired) electrons. The summed E-state index contributed by atoms with van der Waals surface area (Å²) in [5.74, 6) is 0.867. The van der Waals surface area contributed by atoms with Crippen molar-refractivity contribution in [1.82, 2.24) is 4.90 Å². The molecule has 0 aliphatic carbocycles. The first kappa shape index (κ1) is 15.8. The van der Waals surface area contributed by atoms with E-state index >= 15 is 0 Å². The number of hydrogen-bond donors (Lipinski definition) is 1. The van der Waals surface area contributed by atoms with Gasteiger partial charge in [-0.25, -0.2) is 0 Å². The second-order valence-corrected chi connectivity index (χ2v) is 6.44. The van der Waals surface area contributed by atoms with Crippen molar-refractivity contribution in [2.75, 3.05) is 13.7 Å². The molecule has 0 bridgehead atoms. The van der Waals surface area contributed by atoms with Crippen LogP contribution < -0.4 is 10.5 Å². The van der Waals surface area contributed by atoms with Crippen LogP contribution in [0.15, 0.2) is 22.7 Å². The molecule has 1 fully saturated rings. The van der Waals surface area contributed by atoms with Gasteiger partial charge in [0.1, 0.15) is 5.75 Å². The second-order valence-electron chi connectivity index (χ2n) is 5.58. The van der Waals surface area contributed by atoms with Gasteiger partial charge in [0.25, 0.3) is 0 Å². The molecule has 3 unspecified atom stereocenters. The van der Waals surface area contributed by atoms with Gasteiger partial charge in [0.2, 0.25) is 0 Å². The molecule has 3 atom stereocenters. The van der Waals surface area contributed by atoms with Crippen molar-refractivity contribution in [3.8, 4) is 5.75 Å². The van der Waals surface area contributed by atoms with E-state index in [0.717, 1.165) is 10.2 Å². The molecule has 0 spiro atoms. The third kappa shape index (κ3) is 3.02. The number of hydrogen-bond acceptors (Lipinski definition) is 3. The SMILES string of the molecule is CCC1CCC(C)N1C(CN)c1ccc(OC)c(Br)c1. The van der Waals surface area contributed by atoms with Gasteiger partial charge in [0, 0.05) is 24.7 Å². The largest absolute Gasteiger partial charge is 0.496 e. The van der Waals surface area contributed by atoms with Gasteiger partial charge in [0.05, 0.1) is 11.6 Å².